The molecule has 1 aliphatic rings. The third kappa shape index (κ3) is 4.61. The molecular formula is C18H15BrF3IN2O3. The molecule has 0 aromatic heterocycles. The van der Waals surface area contributed by atoms with E-state index < -0.39 is 35.3 Å². The van der Waals surface area contributed by atoms with E-state index in [0.717, 1.165) is 25.3 Å². The fraction of sp³-hybridized carbons (Fsp3) is 0.278. The summed E-state index contributed by atoms with van der Waals surface area (Å²) in [5.74, 6) is -4.31. The Morgan fingerprint density at radius 1 is 1.25 bits per heavy atom. The van der Waals surface area contributed by atoms with Gasteiger partial charge in [-0.25, -0.2) is 23.5 Å². The van der Waals surface area contributed by atoms with E-state index >= 15 is 0 Å². The zero-order valence-corrected chi connectivity index (χ0v) is 18.0. The summed E-state index contributed by atoms with van der Waals surface area (Å²) in [5.41, 5.74) is 1.02. The maximum Gasteiger partial charge on any atom is 0.277 e. The van der Waals surface area contributed by atoms with Crippen LogP contribution in [0, 0.1) is 26.9 Å². The quantitative estimate of drug-likeness (QED) is 0.198. The highest BCUT2D eigenvalue weighted by molar-refractivity contribution is 14.1. The van der Waals surface area contributed by atoms with Gasteiger partial charge in [0.15, 0.2) is 17.9 Å². The van der Waals surface area contributed by atoms with Crippen molar-refractivity contribution in [1.82, 2.24) is 5.48 Å². The number of carbonyl (C=O) groups excluding carboxylic acids is 1. The molecule has 3 rings (SSSR count). The minimum Gasteiger partial charge on any atom is -0.366 e. The second kappa shape index (κ2) is 8.97. The first kappa shape index (κ1) is 21.3. The van der Waals surface area contributed by atoms with Crippen LogP contribution in [0.15, 0.2) is 28.7 Å². The van der Waals surface area contributed by atoms with Gasteiger partial charge in [0, 0.05) is 9.49 Å². The molecule has 2 aromatic rings. The first-order valence-electron chi connectivity index (χ1n) is 8.31. The third-order valence-corrected chi connectivity index (χ3v) is 5.67. The van der Waals surface area contributed by atoms with Crippen molar-refractivity contribution in [2.45, 2.75) is 25.6 Å². The highest BCUT2D eigenvalue weighted by atomic mass is 127. The molecule has 3 N–H and O–H groups in total. The number of halogens is 5. The van der Waals surface area contributed by atoms with Gasteiger partial charge in [0.05, 0.1) is 21.4 Å². The van der Waals surface area contributed by atoms with Crippen molar-refractivity contribution in [3.63, 3.8) is 0 Å². The maximum absolute atomic E-state index is 14.5. The third-order valence-electron chi connectivity index (χ3n) is 4.42. The molecule has 0 bridgehead atoms. The molecule has 0 saturated heterocycles. The van der Waals surface area contributed by atoms with Crippen LogP contribution in [0.25, 0.3) is 0 Å². The summed E-state index contributed by atoms with van der Waals surface area (Å²) >= 11 is 4.75. The Labute approximate surface area is 180 Å². The molecule has 0 aliphatic heterocycles. The van der Waals surface area contributed by atoms with E-state index in [1.54, 1.807) is 6.07 Å². The molecule has 0 heterocycles. The number of aliphatic hydroxyl groups excluding tert-OH is 1. The topological polar surface area (TPSA) is 70.6 Å². The van der Waals surface area contributed by atoms with Gasteiger partial charge in [0.1, 0.15) is 5.82 Å². The van der Waals surface area contributed by atoms with E-state index in [0.29, 0.717) is 3.57 Å². The lowest BCUT2D eigenvalue weighted by Gasteiger charge is -2.29. The number of anilines is 2. The van der Waals surface area contributed by atoms with Gasteiger partial charge in [0.2, 0.25) is 0 Å². The lowest BCUT2D eigenvalue weighted by molar-refractivity contribution is -0.178. The minimum absolute atomic E-state index is 0.0875. The maximum atomic E-state index is 14.5. The average Bonchev–Trinajstić information content (AvgIpc) is 2.60. The molecule has 1 amide bonds. The fourth-order valence-corrected chi connectivity index (χ4v) is 3.47. The van der Waals surface area contributed by atoms with Gasteiger partial charge < -0.3 is 10.4 Å². The van der Waals surface area contributed by atoms with E-state index in [9.17, 15) is 23.1 Å². The van der Waals surface area contributed by atoms with Crippen LogP contribution >= 0.6 is 38.5 Å². The van der Waals surface area contributed by atoms with E-state index in [1.165, 1.54) is 12.1 Å². The SMILES string of the molecule is O=C(NOC(O)C1CCC1)c1cc(Br)c(F)c(F)c1Nc1ccc(I)cc1F. The lowest BCUT2D eigenvalue weighted by atomic mass is 9.85. The van der Waals surface area contributed by atoms with Crippen molar-refractivity contribution >= 4 is 55.8 Å². The summed E-state index contributed by atoms with van der Waals surface area (Å²) < 4.78 is 43.0. The zero-order chi connectivity index (χ0) is 20.4. The molecule has 2 aromatic carbocycles. The van der Waals surface area contributed by atoms with Gasteiger partial charge in [-0.2, -0.15) is 0 Å². The normalized spacial score (nSPS) is 15.1. The van der Waals surface area contributed by atoms with Crippen molar-refractivity contribution in [3.05, 3.63) is 55.3 Å². The Morgan fingerprint density at radius 2 is 1.96 bits per heavy atom. The molecule has 28 heavy (non-hydrogen) atoms. The van der Waals surface area contributed by atoms with Crippen molar-refractivity contribution in [2.24, 2.45) is 5.92 Å². The highest BCUT2D eigenvalue weighted by Gasteiger charge is 2.28. The second-order valence-electron chi connectivity index (χ2n) is 6.29. The predicted octanol–water partition coefficient (Wildman–Crippen LogP) is 4.99. The number of carbonyl (C=O) groups is 1. The van der Waals surface area contributed by atoms with Crippen molar-refractivity contribution in [3.8, 4) is 0 Å². The Kier molecular flexibility index (Phi) is 6.84. The van der Waals surface area contributed by atoms with Crippen LogP contribution in [0.5, 0.6) is 0 Å². The van der Waals surface area contributed by atoms with E-state index in [1.807, 2.05) is 28.1 Å². The van der Waals surface area contributed by atoms with Crippen LogP contribution in [0.1, 0.15) is 29.6 Å². The van der Waals surface area contributed by atoms with Crippen LogP contribution in [0.3, 0.4) is 0 Å². The molecule has 1 aliphatic carbocycles. The second-order valence-corrected chi connectivity index (χ2v) is 8.39. The standard InChI is InChI=1S/C18H15BrF3IN2O3/c19-11-7-10(17(26)25-28-18(27)8-2-1-3-8)16(15(22)14(11)21)24-13-5-4-9(23)6-12(13)20/h4-8,18,24,27H,1-3H2,(H,25,26). The molecule has 1 fully saturated rings. The van der Waals surface area contributed by atoms with Crippen molar-refractivity contribution in [2.75, 3.05) is 5.32 Å². The number of benzene rings is 2. The molecule has 1 unspecified atom stereocenters. The Hall–Kier alpha value is -1.37. The van der Waals surface area contributed by atoms with Crippen LogP contribution in [0.4, 0.5) is 24.5 Å². The monoisotopic (exact) mass is 570 g/mol. The first-order chi connectivity index (χ1) is 13.3. The summed E-state index contributed by atoms with van der Waals surface area (Å²) in [6.07, 6.45) is 1.31. The first-order valence-corrected chi connectivity index (χ1v) is 10.2. The number of hydrogen-bond acceptors (Lipinski definition) is 4. The Bertz CT molecular complexity index is 912. The highest BCUT2D eigenvalue weighted by Crippen LogP contribution is 2.33. The van der Waals surface area contributed by atoms with Gasteiger partial charge in [0.25, 0.3) is 5.91 Å². The largest absolute Gasteiger partial charge is 0.366 e. The van der Waals surface area contributed by atoms with Gasteiger partial charge in [-0.1, -0.05) is 6.42 Å². The van der Waals surface area contributed by atoms with Crippen molar-refractivity contribution < 1.29 is 27.9 Å². The smallest absolute Gasteiger partial charge is 0.277 e. The summed E-state index contributed by atoms with van der Waals surface area (Å²) in [7, 11) is 0. The number of hydroxylamine groups is 1. The number of amides is 1. The number of rotatable bonds is 6. The molecule has 150 valence electrons. The molecule has 1 saturated carbocycles. The lowest BCUT2D eigenvalue weighted by Crippen LogP contribution is -2.36. The van der Waals surface area contributed by atoms with Gasteiger partial charge in [-0.3, -0.25) is 4.79 Å². The van der Waals surface area contributed by atoms with E-state index in [4.69, 9.17) is 4.84 Å². The Morgan fingerprint density at radius 3 is 2.57 bits per heavy atom. The summed E-state index contributed by atoms with van der Waals surface area (Å²) in [6.45, 7) is 0. The van der Waals surface area contributed by atoms with E-state index in [-0.39, 0.29) is 21.6 Å². The number of nitrogens with one attached hydrogen (secondary N) is 2. The zero-order valence-electron chi connectivity index (χ0n) is 14.2. The van der Waals surface area contributed by atoms with Crippen LogP contribution in [0.2, 0.25) is 0 Å². The minimum atomic E-state index is -1.36. The molecule has 10 heteroatoms. The number of aliphatic hydroxyl groups is 1. The van der Waals surface area contributed by atoms with Crippen LogP contribution in [-0.4, -0.2) is 17.3 Å². The summed E-state index contributed by atoms with van der Waals surface area (Å²) in [4.78, 5) is 17.4. The molecule has 5 nitrogen and oxygen atoms in total. The Balaban J connectivity index is 1.87. The molecule has 0 spiro atoms. The van der Waals surface area contributed by atoms with Gasteiger partial charge in [-0.15, -0.1) is 0 Å². The fourth-order valence-electron chi connectivity index (χ4n) is 2.61. The van der Waals surface area contributed by atoms with E-state index in [2.05, 4.69) is 21.2 Å². The van der Waals surface area contributed by atoms with Gasteiger partial charge in [-0.05, 0) is 75.6 Å². The summed E-state index contributed by atoms with van der Waals surface area (Å²) in [6, 6.07) is 5.15. The summed E-state index contributed by atoms with van der Waals surface area (Å²) in [5, 5.41) is 12.3. The number of hydrogen-bond donors (Lipinski definition) is 3. The van der Waals surface area contributed by atoms with Gasteiger partial charge >= 0.3 is 0 Å². The molecule has 0 radical (unpaired) electrons. The van der Waals surface area contributed by atoms with Crippen LogP contribution in [-0.2, 0) is 4.84 Å². The van der Waals surface area contributed by atoms with Crippen molar-refractivity contribution in [1.29, 1.82) is 0 Å². The average molecular weight is 571 g/mol. The molecule has 1 atom stereocenters. The predicted molar refractivity (Wildman–Crippen MR) is 108 cm³/mol. The molecular weight excluding hydrogens is 556 g/mol. The van der Waals surface area contributed by atoms with Crippen LogP contribution < -0.4 is 10.8 Å².